The number of nitrogens with zero attached hydrogens (tertiary/aromatic N) is 1. The molecule has 3 N–H and O–H groups in total. The van der Waals surface area contributed by atoms with E-state index in [-0.39, 0.29) is 24.1 Å². The van der Waals surface area contributed by atoms with Crippen LogP contribution in [-0.4, -0.2) is 63.9 Å². The standard InChI is InChI=1S/C38H71NO6/c1-5-9-10-11-12-13-14-15-16-17-18-19-20-21-22-23-24-25-26-27-28-29-39(30-33(6-2)36(40)41,31-34(7-3)37(42)43)32-35(8-4)38(44)45/h18-19,33-35H,5-17,20-32H2,1-4H3,(H2-,40,41,42,43,44,45)/p+1/b19-18+. The smallest absolute Gasteiger partial charge is 0.312 e. The molecule has 0 rings (SSSR count). The summed E-state index contributed by atoms with van der Waals surface area (Å²) < 4.78 is 0.257. The van der Waals surface area contributed by atoms with E-state index < -0.39 is 35.7 Å². The normalized spacial score (nSPS) is 15.1. The topological polar surface area (TPSA) is 112 Å². The van der Waals surface area contributed by atoms with Gasteiger partial charge in [0, 0.05) is 0 Å². The fraction of sp³-hybridized carbons (Fsp3) is 0.868. The number of rotatable bonds is 33. The summed E-state index contributed by atoms with van der Waals surface area (Å²) in [5.74, 6) is -4.52. The molecule has 3 atom stereocenters. The van der Waals surface area contributed by atoms with Crippen LogP contribution in [0.25, 0.3) is 0 Å². The molecule has 0 radical (unpaired) electrons. The third kappa shape index (κ3) is 22.3. The minimum absolute atomic E-state index is 0.257. The zero-order valence-corrected chi connectivity index (χ0v) is 29.8. The van der Waals surface area contributed by atoms with Crippen LogP contribution in [0, 0.1) is 17.8 Å². The average Bonchev–Trinajstić information content (AvgIpc) is 3.01. The number of hydrogen-bond acceptors (Lipinski definition) is 3. The van der Waals surface area contributed by atoms with Crippen molar-refractivity contribution in [1.29, 1.82) is 0 Å². The molecule has 0 saturated carbocycles. The van der Waals surface area contributed by atoms with Crippen LogP contribution in [0.1, 0.15) is 169 Å². The molecular formula is C38H72NO6+. The van der Waals surface area contributed by atoms with Gasteiger partial charge in [-0.25, -0.2) is 0 Å². The van der Waals surface area contributed by atoms with E-state index in [0.717, 1.165) is 19.3 Å². The molecule has 0 amide bonds. The Hall–Kier alpha value is -1.89. The predicted octanol–water partition coefficient (Wildman–Crippen LogP) is 10.1. The zero-order chi connectivity index (χ0) is 33.8. The summed E-state index contributed by atoms with van der Waals surface area (Å²) in [5, 5.41) is 29.5. The third-order valence-corrected chi connectivity index (χ3v) is 9.74. The Morgan fingerprint density at radius 3 is 1.04 bits per heavy atom. The van der Waals surface area contributed by atoms with Gasteiger partial charge in [0.2, 0.25) is 0 Å². The van der Waals surface area contributed by atoms with Crippen LogP contribution >= 0.6 is 0 Å². The highest BCUT2D eigenvalue weighted by atomic mass is 16.4. The molecule has 7 nitrogen and oxygen atoms in total. The Bertz CT molecular complexity index is 722. The number of carboxylic acids is 3. The molecule has 0 aromatic rings. The Kier molecular flexibility index (Phi) is 27.2. The van der Waals surface area contributed by atoms with Gasteiger partial charge in [-0.2, -0.15) is 0 Å². The van der Waals surface area contributed by atoms with Gasteiger partial charge in [-0.05, 0) is 57.8 Å². The molecule has 0 heterocycles. The maximum atomic E-state index is 12.0. The zero-order valence-electron chi connectivity index (χ0n) is 29.8. The molecule has 0 aliphatic carbocycles. The monoisotopic (exact) mass is 639 g/mol. The molecule has 0 spiro atoms. The van der Waals surface area contributed by atoms with Crippen LogP contribution in [0.3, 0.4) is 0 Å². The second kappa shape index (κ2) is 28.3. The second-order valence-corrected chi connectivity index (χ2v) is 13.6. The van der Waals surface area contributed by atoms with Crippen LogP contribution < -0.4 is 0 Å². The van der Waals surface area contributed by atoms with Crippen molar-refractivity contribution in [2.45, 2.75) is 169 Å². The molecule has 3 unspecified atom stereocenters. The number of hydrogen-bond donors (Lipinski definition) is 3. The van der Waals surface area contributed by atoms with Gasteiger partial charge in [-0.1, -0.05) is 123 Å². The van der Waals surface area contributed by atoms with Crippen molar-refractivity contribution in [2.75, 3.05) is 26.2 Å². The number of aliphatic carboxylic acids is 3. The first-order valence-corrected chi connectivity index (χ1v) is 18.8. The lowest BCUT2D eigenvalue weighted by molar-refractivity contribution is -0.935. The van der Waals surface area contributed by atoms with E-state index in [1.807, 2.05) is 20.8 Å². The van der Waals surface area contributed by atoms with Gasteiger partial charge >= 0.3 is 17.9 Å². The van der Waals surface area contributed by atoms with Gasteiger partial charge in [0.25, 0.3) is 0 Å². The quantitative estimate of drug-likeness (QED) is 0.0375. The van der Waals surface area contributed by atoms with Crippen LogP contribution in [0.2, 0.25) is 0 Å². The van der Waals surface area contributed by atoms with Crippen molar-refractivity contribution in [2.24, 2.45) is 17.8 Å². The maximum Gasteiger partial charge on any atom is 0.312 e. The van der Waals surface area contributed by atoms with E-state index in [4.69, 9.17) is 0 Å². The highest BCUT2D eigenvalue weighted by molar-refractivity contribution is 5.71. The molecule has 0 aromatic heterocycles. The lowest BCUT2D eigenvalue weighted by Gasteiger charge is -2.43. The Balaban J connectivity index is 4.52. The van der Waals surface area contributed by atoms with E-state index in [1.165, 1.54) is 103 Å². The molecular weight excluding hydrogens is 566 g/mol. The number of unbranched alkanes of at least 4 members (excludes halogenated alkanes) is 17. The highest BCUT2D eigenvalue weighted by Gasteiger charge is 2.40. The Labute approximate surface area is 276 Å². The number of carbonyl (C=O) groups is 3. The van der Waals surface area contributed by atoms with E-state index in [0.29, 0.717) is 25.8 Å². The summed E-state index contributed by atoms with van der Waals surface area (Å²) >= 11 is 0. The second-order valence-electron chi connectivity index (χ2n) is 13.6. The van der Waals surface area contributed by atoms with Gasteiger partial charge in [-0.15, -0.1) is 0 Å². The first-order valence-electron chi connectivity index (χ1n) is 18.8. The van der Waals surface area contributed by atoms with Gasteiger partial charge in [0.05, 0.1) is 26.2 Å². The summed E-state index contributed by atoms with van der Waals surface area (Å²) in [7, 11) is 0. The Morgan fingerprint density at radius 2 is 0.756 bits per heavy atom. The minimum Gasteiger partial charge on any atom is -0.481 e. The van der Waals surface area contributed by atoms with E-state index in [9.17, 15) is 29.7 Å². The van der Waals surface area contributed by atoms with Crippen molar-refractivity contribution >= 4 is 17.9 Å². The molecule has 45 heavy (non-hydrogen) atoms. The Morgan fingerprint density at radius 1 is 0.467 bits per heavy atom. The van der Waals surface area contributed by atoms with Gasteiger partial charge in [-0.3, -0.25) is 14.4 Å². The van der Waals surface area contributed by atoms with Crippen molar-refractivity contribution in [3.63, 3.8) is 0 Å². The molecule has 264 valence electrons. The number of quaternary nitrogens is 1. The predicted molar refractivity (Wildman–Crippen MR) is 187 cm³/mol. The fourth-order valence-electron chi connectivity index (χ4n) is 6.62. The van der Waals surface area contributed by atoms with Crippen LogP contribution in [0.4, 0.5) is 0 Å². The highest BCUT2D eigenvalue weighted by Crippen LogP contribution is 2.25. The van der Waals surface area contributed by atoms with Crippen molar-refractivity contribution < 1.29 is 34.2 Å². The molecule has 0 aliphatic heterocycles. The molecule has 0 aromatic carbocycles. The third-order valence-electron chi connectivity index (χ3n) is 9.74. The average molecular weight is 639 g/mol. The molecule has 0 fully saturated rings. The van der Waals surface area contributed by atoms with E-state index >= 15 is 0 Å². The van der Waals surface area contributed by atoms with Crippen molar-refractivity contribution in [3.8, 4) is 0 Å². The van der Waals surface area contributed by atoms with Crippen molar-refractivity contribution in [1.82, 2.24) is 0 Å². The van der Waals surface area contributed by atoms with Crippen LogP contribution in [0.15, 0.2) is 12.2 Å². The van der Waals surface area contributed by atoms with E-state index in [2.05, 4.69) is 19.1 Å². The van der Waals surface area contributed by atoms with Gasteiger partial charge in [0.15, 0.2) is 0 Å². The molecule has 0 aliphatic rings. The van der Waals surface area contributed by atoms with E-state index in [1.54, 1.807) is 0 Å². The molecule has 7 heteroatoms. The van der Waals surface area contributed by atoms with Gasteiger partial charge < -0.3 is 19.8 Å². The first-order chi connectivity index (χ1) is 21.7. The summed E-state index contributed by atoms with van der Waals surface area (Å²) in [6.45, 7) is 9.27. The summed E-state index contributed by atoms with van der Waals surface area (Å²) in [4.78, 5) is 36.0. The first kappa shape index (κ1) is 43.1. The van der Waals surface area contributed by atoms with Crippen LogP contribution in [-0.2, 0) is 14.4 Å². The lowest BCUT2D eigenvalue weighted by atomic mass is 9.95. The fourth-order valence-corrected chi connectivity index (χ4v) is 6.62. The largest absolute Gasteiger partial charge is 0.481 e. The maximum absolute atomic E-state index is 12.0. The minimum atomic E-state index is -0.888. The van der Waals surface area contributed by atoms with Crippen LogP contribution in [0.5, 0.6) is 0 Å². The number of carboxylic acid groups (broad SMARTS) is 3. The summed E-state index contributed by atoms with van der Waals surface area (Å²) in [6, 6.07) is 0. The number of allylic oxidation sites excluding steroid dienone is 2. The summed E-state index contributed by atoms with van der Waals surface area (Å²) in [6.07, 6.45) is 30.0. The lowest BCUT2D eigenvalue weighted by Crippen LogP contribution is -2.58. The van der Waals surface area contributed by atoms with Gasteiger partial charge in [0.1, 0.15) is 17.8 Å². The SMILES string of the molecule is CCCCCCCCCCC/C=C/CCCCCCCCCC[N+](CC(CC)C(=O)O)(CC(CC)C(=O)O)CC(CC)C(=O)O. The molecule has 0 bridgehead atoms. The summed E-state index contributed by atoms with van der Waals surface area (Å²) in [5.41, 5.74) is 0. The molecule has 0 saturated heterocycles. The van der Waals surface area contributed by atoms with Crippen molar-refractivity contribution in [3.05, 3.63) is 12.2 Å².